The van der Waals surface area contributed by atoms with Gasteiger partial charge in [-0.15, -0.1) is 0 Å². The first-order chi connectivity index (χ1) is 14.6. The zero-order valence-corrected chi connectivity index (χ0v) is 17.2. The highest BCUT2D eigenvalue weighted by Gasteiger charge is 2.20. The summed E-state index contributed by atoms with van der Waals surface area (Å²) in [6.45, 7) is 4.05. The maximum Gasteiger partial charge on any atom is 0.270 e. The summed E-state index contributed by atoms with van der Waals surface area (Å²) < 4.78 is 7.17. The van der Waals surface area contributed by atoms with Crippen LogP contribution in [0.3, 0.4) is 0 Å². The van der Waals surface area contributed by atoms with E-state index in [1.807, 2.05) is 68.4 Å². The molecule has 0 saturated heterocycles. The molecule has 4 aromatic rings. The summed E-state index contributed by atoms with van der Waals surface area (Å²) in [5.74, 6) is 0.481. The predicted molar refractivity (Wildman–Crippen MR) is 118 cm³/mol. The minimum atomic E-state index is -0.151. The average molecular weight is 399 g/mol. The molecule has 0 bridgehead atoms. The van der Waals surface area contributed by atoms with Crippen LogP contribution in [0.2, 0.25) is 0 Å². The van der Waals surface area contributed by atoms with Crippen LogP contribution in [0.15, 0.2) is 83.5 Å². The van der Waals surface area contributed by atoms with Crippen LogP contribution >= 0.6 is 0 Å². The van der Waals surface area contributed by atoms with Gasteiger partial charge in [-0.3, -0.25) is 4.79 Å². The van der Waals surface area contributed by atoms with Gasteiger partial charge < -0.3 is 9.73 Å². The van der Waals surface area contributed by atoms with Crippen molar-refractivity contribution in [3.63, 3.8) is 0 Å². The first kappa shape index (κ1) is 19.7. The van der Waals surface area contributed by atoms with E-state index in [0.29, 0.717) is 17.1 Å². The summed E-state index contributed by atoms with van der Waals surface area (Å²) in [4.78, 5) is 13.1. The molecule has 0 aliphatic heterocycles. The maximum atomic E-state index is 13.1. The zero-order valence-electron chi connectivity index (χ0n) is 17.2. The normalized spacial score (nSPS) is 11.9. The summed E-state index contributed by atoms with van der Waals surface area (Å²) in [5, 5.41) is 7.77. The third-order valence-corrected chi connectivity index (χ3v) is 5.05. The predicted octanol–water partition coefficient (Wildman–Crippen LogP) is 5.19. The Bertz CT molecular complexity index is 1110. The van der Waals surface area contributed by atoms with E-state index >= 15 is 0 Å². The molecule has 0 aliphatic carbocycles. The maximum absolute atomic E-state index is 13.1. The van der Waals surface area contributed by atoms with Gasteiger partial charge in [0.05, 0.1) is 12.0 Å². The van der Waals surface area contributed by atoms with E-state index < -0.39 is 0 Å². The Morgan fingerprint density at radius 3 is 2.63 bits per heavy atom. The smallest absolute Gasteiger partial charge is 0.270 e. The number of nitrogens with one attached hydrogen (secondary N) is 1. The van der Waals surface area contributed by atoms with Crippen molar-refractivity contribution in [3.8, 4) is 17.1 Å². The summed E-state index contributed by atoms with van der Waals surface area (Å²) in [6, 6.07) is 23.7. The number of rotatable bonds is 7. The van der Waals surface area contributed by atoms with Crippen molar-refractivity contribution in [2.24, 2.45) is 0 Å². The van der Waals surface area contributed by atoms with Crippen LogP contribution in [-0.4, -0.2) is 21.7 Å². The van der Waals surface area contributed by atoms with Crippen molar-refractivity contribution in [2.75, 3.05) is 0 Å². The number of benzene rings is 2. The van der Waals surface area contributed by atoms with Crippen molar-refractivity contribution in [1.82, 2.24) is 15.1 Å². The standard InChI is InChI=1S/C25H25N3O2/c1-18-8-6-11-21(16-18)28-23(17-22(27-28)24-12-7-15-30-24)25(29)26-19(2)13-14-20-9-4-3-5-10-20/h3-12,15-17,19H,13-14H2,1-2H3,(H,26,29). The van der Waals surface area contributed by atoms with Crippen molar-refractivity contribution in [3.05, 3.63) is 95.9 Å². The minimum absolute atomic E-state index is 0.0330. The molecule has 2 heterocycles. The van der Waals surface area contributed by atoms with Gasteiger partial charge in [0.2, 0.25) is 0 Å². The molecule has 4 rings (SSSR count). The van der Waals surface area contributed by atoms with Gasteiger partial charge in [-0.05, 0) is 62.1 Å². The summed E-state index contributed by atoms with van der Waals surface area (Å²) in [5.41, 5.74) is 4.32. The molecule has 0 radical (unpaired) electrons. The van der Waals surface area contributed by atoms with Crippen LogP contribution in [-0.2, 0) is 6.42 Å². The highest BCUT2D eigenvalue weighted by molar-refractivity contribution is 5.94. The van der Waals surface area contributed by atoms with E-state index in [2.05, 4.69) is 22.5 Å². The lowest BCUT2D eigenvalue weighted by Crippen LogP contribution is -2.34. The Morgan fingerprint density at radius 2 is 1.90 bits per heavy atom. The lowest BCUT2D eigenvalue weighted by molar-refractivity contribution is 0.0930. The van der Waals surface area contributed by atoms with E-state index in [-0.39, 0.29) is 11.9 Å². The molecule has 30 heavy (non-hydrogen) atoms. The molecular formula is C25H25N3O2. The van der Waals surface area contributed by atoms with Gasteiger partial charge >= 0.3 is 0 Å². The van der Waals surface area contributed by atoms with Gasteiger partial charge in [0.15, 0.2) is 5.76 Å². The second kappa shape index (κ2) is 8.82. The minimum Gasteiger partial charge on any atom is -0.463 e. The van der Waals surface area contributed by atoms with Crippen LogP contribution in [0, 0.1) is 6.92 Å². The van der Waals surface area contributed by atoms with E-state index in [1.54, 1.807) is 17.0 Å². The van der Waals surface area contributed by atoms with E-state index in [9.17, 15) is 4.79 Å². The van der Waals surface area contributed by atoms with Crippen LogP contribution < -0.4 is 5.32 Å². The van der Waals surface area contributed by atoms with Crippen molar-refractivity contribution in [2.45, 2.75) is 32.7 Å². The molecule has 0 spiro atoms. The molecular weight excluding hydrogens is 374 g/mol. The molecule has 0 saturated carbocycles. The highest BCUT2D eigenvalue weighted by Crippen LogP contribution is 2.23. The van der Waals surface area contributed by atoms with Crippen LogP contribution in [0.25, 0.3) is 17.1 Å². The second-order valence-electron chi connectivity index (χ2n) is 7.54. The van der Waals surface area contributed by atoms with Crippen LogP contribution in [0.1, 0.15) is 35.0 Å². The molecule has 0 fully saturated rings. The molecule has 1 unspecified atom stereocenters. The van der Waals surface area contributed by atoms with E-state index in [0.717, 1.165) is 24.1 Å². The molecule has 152 valence electrons. The summed E-state index contributed by atoms with van der Waals surface area (Å²) in [6.07, 6.45) is 3.38. The third-order valence-electron chi connectivity index (χ3n) is 5.05. The van der Waals surface area contributed by atoms with Crippen LogP contribution in [0.5, 0.6) is 0 Å². The lowest BCUT2D eigenvalue weighted by atomic mass is 10.1. The van der Waals surface area contributed by atoms with Gasteiger partial charge in [0.25, 0.3) is 5.91 Å². The number of hydrogen-bond acceptors (Lipinski definition) is 3. The van der Waals surface area contributed by atoms with E-state index in [1.165, 1.54) is 5.56 Å². The molecule has 5 nitrogen and oxygen atoms in total. The first-order valence-electron chi connectivity index (χ1n) is 10.2. The molecule has 1 N–H and O–H groups in total. The number of carbonyl (C=O) groups is 1. The lowest BCUT2D eigenvalue weighted by Gasteiger charge is -2.15. The van der Waals surface area contributed by atoms with Crippen molar-refractivity contribution in [1.29, 1.82) is 0 Å². The number of hydrogen-bond donors (Lipinski definition) is 1. The van der Waals surface area contributed by atoms with Crippen molar-refractivity contribution < 1.29 is 9.21 Å². The second-order valence-corrected chi connectivity index (χ2v) is 7.54. The van der Waals surface area contributed by atoms with Gasteiger partial charge in [-0.1, -0.05) is 42.5 Å². The summed E-state index contributed by atoms with van der Waals surface area (Å²) in [7, 11) is 0. The molecule has 2 aromatic heterocycles. The van der Waals surface area contributed by atoms with E-state index in [4.69, 9.17) is 4.42 Å². The van der Waals surface area contributed by atoms with Gasteiger partial charge in [-0.25, -0.2) is 4.68 Å². The fourth-order valence-corrected chi connectivity index (χ4v) is 3.44. The monoisotopic (exact) mass is 399 g/mol. The largest absolute Gasteiger partial charge is 0.463 e. The van der Waals surface area contributed by atoms with Crippen LogP contribution in [0.4, 0.5) is 0 Å². The molecule has 1 atom stereocenters. The quantitative estimate of drug-likeness (QED) is 0.465. The Morgan fingerprint density at radius 1 is 1.07 bits per heavy atom. The Balaban J connectivity index is 1.56. The SMILES string of the molecule is Cc1cccc(-n2nc(-c3ccco3)cc2C(=O)NC(C)CCc2ccccc2)c1. The topological polar surface area (TPSA) is 60.1 Å². The first-order valence-corrected chi connectivity index (χ1v) is 10.2. The number of nitrogens with zero attached hydrogens (tertiary/aromatic N) is 2. The number of amides is 1. The fraction of sp³-hybridized carbons (Fsp3) is 0.200. The number of furan rings is 1. The fourth-order valence-electron chi connectivity index (χ4n) is 3.44. The number of aryl methyl sites for hydroxylation is 2. The molecule has 5 heteroatoms. The molecule has 0 aliphatic rings. The number of aromatic nitrogens is 2. The van der Waals surface area contributed by atoms with Crippen molar-refractivity contribution >= 4 is 5.91 Å². The molecule has 2 aromatic carbocycles. The van der Waals surface area contributed by atoms with Gasteiger partial charge in [-0.2, -0.15) is 5.10 Å². The Hall–Kier alpha value is -3.60. The number of carbonyl (C=O) groups excluding carboxylic acids is 1. The average Bonchev–Trinajstić information content (AvgIpc) is 3.43. The summed E-state index contributed by atoms with van der Waals surface area (Å²) >= 11 is 0. The molecule has 1 amide bonds. The van der Waals surface area contributed by atoms with Gasteiger partial charge in [0, 0.05) is 12.1 Å². The Labute approximate surface area is 176 Å². The third kappa shape index (κ3) is 4.51. The zero-order chi connectivity index (χ0) is 20.9. The highest BCUT2D eigenvalue weighted by atomic mass is 16.3. The Kier molecular flexibility index (Phi) is 5.80. The van der Waals surface area contributed by atoms with Gasteiger partial charge in [0.1, 0.15) is 11.4 Å².